The summed E-state index contributed by atoms with van der Waals surface area (Å²) in [5.41, 5.74) is 7.45. The van der Waals surface area contributed by atoms with Crippen molar-refractivity contribution >= 4 is 118 Å². The number of hydrogen-bond donors (Lipinski definition) is 8. The molecule has 0 saturated carbocycles. The number of fused-ring (bicyclic) bond motifs is 15. The topological polar surface area (TPSA) is 358 Å². The Morgan fingerprint density at radius 3 is 1.51 bits per heavy atom. The summed E-state index contributed by atoms with van der Waals surface area (Å²) in [7, 11) is -12.8. The van der Waals surface area contributed by atoms with Gasteiger partial charge in [-0.15, -0.1) is 0 Å². The van der Waals surface area contributed by atoms with Gasteiger partial charge in [0.25, 0.3) is 16.6 Å². The predicted octanol–water partition coefficient (Wildman–Crippen LogP) is 18.6. The predicted molar refractivity (Wildman–Crippen MR) is 500 cm³/mol. The molecule has 0 radical (unpaired) electrons. The number of likely N-dealkylation sites (N-methyl/N-ethyl adjacent to an activating group) is 1. The van der Waals surface area contributed by atoms with Gasteiger partial charge in [-0.3, -0.25) is 38.5 Å². The molecule has 9 atom stereocenters. The first-order chi connectivity index (χ1) is 57.9. The van der Waals surface area contributed by atoms with E-state index in [1.807, 2.05) is 101 Å². The summed E-state index contributed by atoms with van der Waals surface area (Å²) in [5, 5.41) is 27.3. The van der Waals surface area contributed by atoms with Crippen LogP contribution in [0.4, 0.5) is 4.79 Å². The van der Waals surface area contributed by atoms with Crippen molar-refractivity contribution in [3.05, 3.63) is 153 Å². The number of amides is 8. The number of nitrogens with one attached hydrogen (secondary N) is 6. The fourth-order valence-corrected chi connectivity index (χ4v) is 19.2. The molecule has 9 N–H and O–H groups in total. The molecule has 686 valence electrons. The van der Waals surface area contributed by atoms with E-state index in [9.17, 15) is 14.7 Å². The van der Waals surface area contributed by atoms with E-state index >= 15 is 33.6 Å². The zero-order valence-electron chi connectivity index (χ0n) is 78.4. The van der Waals surface area contributed by atoms with Crippen LogP contribution in [0.1, 0.15) is 194 Å². The highest BCUT2D eigenvalue weighted by Gasteiger charge is 2.51. The Balaban J connectivity index is 1.38. The van der Waals surface area contributed by atoms with E-state index in [0.29, 0.717) is 11.3 Å². The van der Waals surface area contributed by atoms with E-state index in [4.69, 9.17) is 70.0 Å². The summed E-state index contributed by atoms with van der Waals surface area (Å²) in [4.78, 5) is 143. The summed E-state index contributed by atoms with van der Waals surface area (Å²) in [5.74, 6) is -10.0. The number of aromatic hydroxyl groups is 1. The average Bonchev–Trinajstić information content (AvgIpc) is 0.746. The Bertz CT molecular complexity index is 5130. The number of phenols is 1. The molecule has 6 aromatic rings. The smallest absolute Gasteiger partial charge is 0.410 e. The van der Waals surface area contributed by atoms with Gasteiger partial charge < -0.3 is 83.8 Å². The molecule has 5 aliphatic heterocycles. The normalized spacial score (nSPS) is 19.8. The van der Waals surface area contributed by atoms with Crippen molar-refractivity contribution in [2.24, 2.45) is 11.7 Å². The molecule has 0 aromatic heterocycles. The number of ether oxygens (including phenoxy) is 4. The lowest BCUT2D eigenvalue weighted by Gasteiger charge is -2.42. The zero-order valence-corrected chi connectivity index (χ0v) is 84.9. The molecular formula is C92H130Cl2N8O19Si5. The molecule has 0 saturated heterocycles. The van der Waals surface area contributed by atoms with Crippen LogP contribution < -0.4 is 60.4 Å². The van der Waals surface area contributed by atoms with Crippen molar-refractivity contribution in [3.63, 3.8) is 0 Å². The number of rotatable bonds is 20. The quantitative estimate of drug-likeness (QED) is 0.0260. The number of halogens is 2. The number of methoxy groups -OCH3 is 1. The van der Waals surface area contributed by atoms with Crippen LogP contribution in [0.5, 0.6) is 46.0 Å². The third-order valence-electron chi connectivity index (χ3n) is 26.0. The summed E-state index contributed by atoms with van der Waals surface area (Å²) < 4.78 is 61.8. The van der Waals surface area contributed by atoms with Crippen LogP contribution in [0, 0.1) is 5.92 Å². The third kappa shape index (κ3) is 22.9. The van der Waals surface area contributed by atoms with Gasteiger partial charge in [-0.05, 0) is 185 Å². The number of nitrogens with zero attached hydrogens (tertiary/aromatic N) is 1. The Kier molecular flexibility index (Phi) is 30.2. The first-order valence-corrected chi connectivity index (χ1v) is 57.9. The van der Waals surface area contributed by atoms with Gasteiger partial charge in [-0.25, -0.2) is 9.59 Å². The Morgan fingerprint density at radius 2 is 1.01 bits per heavy atom. The summed E-state index contributed by atoms with van der Waals surface area (Å²) in [6.07, 6.45) is -4.86. The van der Waals surface area contributed by atoms with Crippen LogP contribution in [0.25, 0.3) is 11.1 Å². The lowest BCUT2D eigenvalue weighted by Crippen LogP contribution is -2.60. The van der Waals surface area contributed by atoms with E-state index in [2.05, 4.69) is 120 Å². The first kappa shape index (κ1) is 100. The van der Waals surface area contributed by atoms with Crippen molar-refractivity contribution in [1.82, 2.24) is 36.8 Å². The Morgan fingerprint density at radius 1 is 0.532 bits per heavy atom. The van der Waals surface area contributed by atoms with Crippen molar-refractivity contribution in [2.45, 2.75) is 282 Å². The van der Waals surface area contributed by atoms with Crippen LogP contribution in [0.3, 0.4) is 0 Å². The first-order valence-electron chi connectivity index (χ1n) is 42.6. The molecule has 0 unspecified atom stereocenters. The van der Waals surface area contributed by atoms with Crippen LogP contribution in [-0.4, -0.2) is 143 Å². The minimum absolute atomic E-state index is 0.0118. The molecule has 0 aliphatic carbocycles. The van der Waals surface area contributed by atoms with Gasteiger partial charge >= 0.3 is 12.1 Å². The van der Waals surface area contributed by atoms with Crippen molar-refractivity contribution in [1.29, 1.82) is 0 Å². The highest BCUT2D eigenvalue weighted by Crippen LogP contribution is 2.54. The van der Waals surface area contributed by atoms with Crippen molar-refractivity contribution in [3.8, 4) is 57.1 Å². The minimum atomic E-state index is -3.23. The molecule has 126 heavy (non-hydrogen) atoms. The van der Waals surface area contributed by atoms with E-state index in [1.54, 1.807) is 60.7 Å². The van der Waals surface area contributed by atoms with E-state index in [1.165, 1.54) is 56.6 Å². The molecular weight excluding hydrogens is 1730 g/mol. The van der Waals surface area contributed by atoms with Gasteiger partial charge in [-0.2, -0.15) is 0 Å². The number of nitrogens with two attached hydrogens (primary N) is 1. The number of phenolic OH excluding ortho intramolecular Hbond substituents is 1. The summed E-state index contributed by atoms with van der Waals surface area (Å²) in [6, 6.07) is 15.4. The molecule has 11 bridgehead atoms. The molecule has 6 aromatic carbocycles. The van der Waals surface area contributed by atoms with Gasteiger partial charge in [0, 0.05) is 29.8 Å². The largest absolute Gasteiger partial charge is 0.543 e. The molecule has 0 fully saturated rings. The maximum absolute atomic E-state index is 16.9. The van der Waals surface area contributed by atoms with Gasteiger partial charge in [0.15, 0.2) is 34.2 Å². The molecule has 34 heteroatoms. The van der Waals surface area contributed by atoms with Crippen molar-refractivity contribution in [2.75, 3.05) is 14.2 Å². The highest BCUT2D eigenvalue weighted by atomic mass is 35.5. The maximum Gasteiger partial charge on any atom is 0.410 e. The summed E-state index contributed by atoms with van der Waals surface area (Å²) >= 11 is 14.9. The highest BCUT2D eigenvalue weighted by molar-refractivity contribution is 6.76. The second kappa shape index (κ2) is 37.8. The standard InChI is InChI=1S/C92H130Cl2N8O19Si5/c1-51(2)41-63(102(18)87(112)114-50-52-33-31-30-32-34-52)81(106)100-75-78(120-125(26,27)91(12,13)14)54-36-39-65(60(93)43-54)115-68-45-56-46-69(77(68)104)116-66-40-37-55(44-61(66)94)79(121-126(28,29)92(15,16)17)76-85(110)99-74(86(111)113-19)59-47-57(117-122(20,21)88(3,4)5)48-67(119-124(24,25)90(9,10)11)71(59)58-42-53(35-38-64(58)118-123(22,23)89(6,7)8)72(82(107)101-76)98-83(108)73(56)97-80(105)62(49-70(95)103)96-84(75)109/h30-40,42-48,51,62-63,72-76,78-79,104H,41,49-50H2,1-29H3,(H2,95,103)(H,96,109)(H,97,105)(H,98,108)(H,99,110)(H,100,106)(H,101,107)/t62-,63+,72+,73+,74-,75+,76-,78+,79+/m0/s1. The monoisotopic (exact) mass is 1860 g/mol. The summed E-state index contributed by atoms with van der Waals surface area (Å²) in [6.45, 7) is 54.0. The van der Waals surface area contributed by atoms with Crippen LogP contribution in [0.15, 0.2) is 109 Å². The van der Waals surface area contributed by atoms with Crippen LogP contribution >= 0.6 is 23.2 Å². The number of esters is 1. The van der Waals surface area contributed by atoms with Gasteiger partial charge in [-0.1, -0.05) is 189 Å². The zero-order chi connectivity index (χ0) is 94.4. The molecule has 8 amide bonds. The number of hydrogen-bond acceptors (Lipinski definition) is 19. The van der Waals surface area contributed by atoms with Crippen LogP contribution in [-0.2, 0) is 63.3 Å². The molecule has 0 spiro atoms. The van der Waals surface area contributed by atoms with Gasteiger partial charge in [0.2, 0.25) is 55.4 Å². The van der Waals surface area contributed by atoms with Crippen molar-refractivity contribution < 1.29 is 89.3 Å². The number of carbonyl (C=O) groups is 9. The number of primary amides is 1. The second-order valence-corrected chi connectivity index (χ2v) is 65.6. The second-order valence-electron chi connectivity index (χ2n) is 41.1. The fraction of sp³-hybridized carbons (Fsp3) is 0.511. The average molecular weight is 1860 g/mol. The van der Waals surface area contributed by atoms with Crippen LogP contribution in [0.2, 0.25) is 101 Å². The fourth-order valence-electron chi connectivity index (χ4n) is 13.2. The molecule has 11 rings (SSSR count). The SMILES string of the molecule is COC(=O)[C@H]1NC(=O)[C@H]2NC(=O)[C@H](NC(=O)[C@@H]3NC(=O)[C@H](CC(N)=O)NC(=O)[C@H](NC(=O)[C@@H](CC(C)C)N(C)C(=O)OCc4ccccc4)[C@H](O[Si](C)(C)C(C)(C)C)c4ccc(c(Cl)c4)Oc4cc3cc(c4O)Oc3ccc(cc3Cl)[C@H]2O[Si](C)(C)C(C)(C)C)c2ccc(O[Si](C)(C)C(C)(C)C)c(c2)-c2c(O[Si](C)(C)C(C)(C)C)cc(O[Si](C)(C)C(C)(C)C)cc21. The number of benzene rings is 6. The molecule has 27 nitrogen and oxygen atoms in total. The Hall–Kier alpha value is -9.27. The van der Waals surface area contributed by atoms with E-state index in [-0.39, 0.29) is 96.0 Å². The van der Waals surface area contributed by atoms with Gasteiger partial charge in [0.1, 0.15) is 71.6 Å². The van der Waals surface area contributed by atoms with E-state index < -0.39 is 193 Å². The number of carbonyl (C=O) groups excluding carboxylic acids is 9. The van der Waals surface area contributed by atoms with E-state index in [0.717, 1.165) is 4.90 Å². The molecule has 5 heterocycles. The molecule has 5 aliphatic rings. The third-order valence-corrected chi connectivity index (χ3v) is 48.5. The lowest BCUT2D eigenvalue weighted by atomic mass is 9.89. The maximum atomic E-state index is 16.9. The Labute approximate surface area is 757 Å². The minimum Gasteiger partial charge on any atom is -0.543 e. The lowest BCUT2D eigenvalue weighted by molar-refractivity contribution is -0.146. The van der Waals surface area contributed by atoms with Gasteiger partial charge in [0.05, 0.1) is 35.8 Å².